The van der Waals surface area contributed by atoms with E-state index in [4.69, 9.17) is 37.6 Å². The number of ketones is 1. The standard InChI is InChI=1S/C45H44O9/c1-31(46)40-38(25-37-36(23-24-49-37)41(40)47-2)53-45-44(52-29-35-21-13-6-14-22-35)43(51-28-34-19-11-5-12-20-34)42(50-27-33-17-9-4-10-18-33)39(54-45)30-48-26-32-15-7-3-8-16-32/h3-25,39,42-45H,26-30H2,1-2H3/t39-,42-,43+,44-,45+/m1/s1. The van der Waals surface area contributed by atoms with Crippen LogP contribution in [0.4, 0.5) is 0 Å². The Bertz CT molecular complexity index is 2050. The van der Waals surface area contributed by atoms with Crippen LogP contribution in [0.15, 0.2) is 144 Å². The van der Waals surface area contributed by atoms with Gasteiger partial charge >= 0.3 is 0 Å². The number of carbonyl (C=O) groups is 1. The molecule has 278 valence electrons. The van der Waals surface area contributed by atoms with Gasteiger partial charge in [0, 0.05) is 6.07 Å². The van der Waals surface area contributed by atoms with E-state index in [9.17, 15) is 4.79 Å². The Morgan fingerprint density at radius 1 is 0.630 bits per heavy atom. The van der Waals surface area contributed by atoms with Crippen molar-refractivity contribution in [2.45, 2.75) is 64.1 Å². The molecule has 0 amide bonds. The zero-order chi connectivity index (χ0) is 37.1. The summed E-state index contributed by atoms with van der Waals surface area (Å²) in [7, 11) is 1.52. The van der Waals surface area contributed by atoms with Crippen LogP contribution in [-0.4, -0.2) is 50.2 Å². The predicted molar refractivity (Wildman–Crippen MR) is 203 cm³/mol. The highest BCUT2D eigenvalue weighted by molar-refractivity contribution is 6.05. The Labute approximate surface area is 315 Å². The van der Waals surface area contributed by atoms with Crippen LogP contribution in [0.2, 0.25) is 0 Å². The van der Waals surface area contributed by atoms with E-state index in [1.807, 2.05) is 121 Å². The van der Waals surface area contributed by atoms with Gasteiger partial charge in [-0.3, -0.25) is 4.79 Å². The van der Waals surface area contributed by atoms with E-state index >= 15 is 0 Å². The lowest BCUT2D eigenvalue weighted by Gasteiger charge is -2.45. The zero-order valence-corrected chi connectivity index (χ0v) is 30.4. The SMILES string of the molecule is COc1c(C(C)=O)c(O[C@H]2O[C@H](COCc3ccccc3)[C@@H](OCc3ccccc3)[C@H](OCc3ccccc3)[C@H]2OCc2ccccc2)cc2occc12. The fourth-order valence-electron chi connectivity index (χ4n) is 6.66. The van der Waals surface area contributed by atoms with E-state index in [-0.39, 0.29) is 36.9 Å². The number of rotatable bonds is 17. The first-order valence-corrected chi connectivity index (χ1v) is 18.1. The number of hydrogen-bond acceptors (Lipinski definition) is 9. The third-order valence-corrected chi connectivity index (χ3v) is 9.32. The molecule has 6 aromatic rings. The Morgan fingerprint density at radius 2 is 1.13 bits per heavy atom. The minimum Gasteiger partial charge on any atom is -0.495 e. The van der Waals surface area contributed by atoms with Gasteiger partial charge in [-0.05, 0) is 35.2 Å². The fourth-order valence-corrected chi connectivity index (χ4v) is 6.66. The molecule has 7 rings (SSSR count). The number of fused-ring (bicyclic) bond motifs is 1. The zero-order valence-electron chi connectivity index (χ0n) is 30.4. The van der Waals surface area contributed by atoms with Gasteiger partial charge in [0.1, 0.15) is 47.1 Å². The summed E-state index contributed by atoms with van der Waals surface area (Å²) in [5.74, 6) is 0.339. The lowest BCUT2D eigenvalue weighted by Crippen LogP contribution is -2.62. The normalized spacial score (nSPS) is 19.8. The van der Waals surface area contributed by atoms with Gasteiger partial charge in [-0.15, -0.1) is 0 Å². The van der Waals surface area contributed by atoms with E-state index in [0.29, 0.717) is 29.9 Å². The average molecular weight is 729 g/mol. The lowest BCUT2D eigenvalue weighted by molar-refractivity contribution is -0.310. The monoisotopic (exact) mass is 728 g/mol. The maximum Gasteiger partial charge on any atom is 0.229 e. The average Bonchev–Trinajstić information content (AvgIpc) is 3.68. The highest BCUT2D eigenvalue weighted by atomic mass is 16.7. The van der Waals surface area contributed by atoms with Crippen molar-refractivity contribution in [3.8, 4) is 11.5 Å². The highest BCUT2D eigenvalue weighted by Crippen LogP contribution is 2.40. The Kier molecular flexibility index (Phi) is 12.5. The molecule has 0 radical (unpaired) electrons. The number of methoxy groups -OCH3 is 1. The lowest BCUT2D eigenvalue weighted by atomic mass is 9.97. The number of benzene rings is 5. The predicted octanol–water partition coefficient (Wildman–Crippen LogP) is 8.72. The Morgan fingerprint density at radius 3 is 1.65 bits per heavy atom. The molecule has 1 saturated heterocycles. The van der Waals surface area contributed by atoms with Gasteiger partial charge in [-0.25, -0.2) is 0 Å². The Hall–Kier alpha value is -5.29. The molecular weight excluding hydrogens is 684 g/mol. The first kappa shape index (κ1) is 37.0. The third-order valence-electron chi connectivity index (χ3n) is 9.32. The molecule has 0 spiro atoms. The smallest absolute Gasteiger partial charge is 0.229 e. The summed E-state index contributed by atoms with van der Waals surface area (Å²) < 4.78 is 51.8. The number of hydrogen-bond donors (Lipinski definition) is 0. The molecule has 9 nitrogen and oxygen atoms in total. The number of carbonyl (C=O) groups excluding carboxylic acids is 1. The molecule has 0 N–H and O–H groups in total. The molecule has 1 aliphatic rings. The molecule has 0 saturated carbocycles. The maximum atomic E-state index is 13.3. The molecule has 5 atom stereocenters. The number of Topliss-reactive ketones (excluding diaryl/α,β-unsaturated/α-hetero) is 1. The van der Waals surface area contributed by atoms with E-state index in [0.717, 1.165) is 22.3 Å². The number of ether oxygens (including phenoxy) is 7. The molecule has 1 aliphatic heterocycles. The van der Waals surface area contributed by atoms with E-state index in [1.165, 1.54) is 14.0 Å². The van der Waals surface area contributed by atoms with Crippen molar-refractivity contribution in [1.82, 2.24) is 0 Å². The highest BCUT2D eigenvalue weighted by Gasteiger charge is 2.50. The third kappa shape index (κ3) is 9.07. The first-order chi connectivity index (χ1) is 26.6. The van der Waals surface area contributed by atoms with E-state index < -0.39 is 30.7 Å². The largest absolute Gasteiger partial charge is 0.495 e. The molecule has 0 aliphatic carbocycles. The van der Waals surface area contributed by atoms with Crippen molar-refractivity contribution in [3.05, 3.63) is 168 Å². The van der Waals surface area contributed by atoms with Gasteiger partial charge in [0.25, 0.3) is 0 Å². The van der Waals surface area contributed by atoms with Crippen molar-refractivity contribution in [2.75, 3.05) is 13.7 Å². The van der Waals surface area contributed by atoms with Gasteiger partial charge in [0.15, 0.2) is 5.78 Å². The van der Waals surface area contributed by atoms with Crippen LogP contribution in [0.1, 0.15) is 39.5 Å². The Balaban J connectivity index is 1.28. The van der Waals surface area contributed by atoms with Crippen molar-refractivity contribution >= 4 is 16.8 Å². The van der Waals surface area contributed by atoms with Gasteiger partial charge in [-0.2, -0.15) is 0 Å². The van der Waals surface area contributed by atoms with Crippen molar-refractivity contribution < 1.29 is 42.4 Å². The molecule has 0 bridgehead atoms. The molecule has 1 aromatic heterocycles. The van der Waals surface area contributed by atoms with Crippen LogP contribution < -0.4 is 9.47 Å². The van der Waals surface area contributed by atoms with Crippen LogP contribution in [-0.2, 0) is 50.1 Å². The molecular formula is C45H44O9. The molecule has 1 fully saturated rings. The van der Waals surface area contributed by atoms with E-state index in [1.54, 1.807) is 18.4 Å². The van der Waals surface area contributed by atoms with E-state index in [2.05, 4.69) is 0 Å². The van der Waals surface area contributed by atoms with Gasteiger partial charge in [-0.1, -0.05) is 121 Å². The second-order valence-electron chi connectivity index (χ2n) is 13.1. The van der Waals surface area contributed by atoms with Crippen LogP contribution in [0.5, 0.6) is 11.5 Å². The maximum absolute atomic E-state index is 13.3. The van der Waals surface area contributed by atoms with Gasteiger partial charge in [0.05, 0.1) is 51.8 Å². The quantitative estimate of drug-likeness (QED) is 0.0855. The number of furan rings is 1. The minimum atomic E-state index is -1.08. The molecule has 54 heavy (non-hydrogen) atoms. The van der Waals surface area contributed by atoms with Crippen LogP contribution in [0, 0.1) is 0 Å². The second kappa shape index (κ2) is 18.2. The first-order valence-electron chi connectivity index (χ1n) is 18.1. The molecule has 2 heterocycles. The van der Waals surface area contributed by atoms with Crippen LogP contribution >= 0.6 is 0 Å². The summed E-state index contributed by atoms with van der Waals surface area (Å²) in [4.78, 5) is 13.3. The summed E-state index contributed by atoms with van der Waals surface area (Å²) >= 11 is 0. The summed E-state index contributed by atoms with van der Waals surface area (Å²) in [6.45, 7) is 2.80. The summed E-state index contributed by atoms with van der Waals surface area (Å²) in [5, 5.41) is 0.655. The van der Waals surface area contributed by atoms with Crippen molar-refractivity contribution in [3.63, 3.8) is 0 Å². The molecule has 0 unspecified atom stereocenters. The topological polar surface area (TPSA) is 94.8 Å². The molecule has 5 aromatic carbocycles. The summed E-state index contributed by atoms with van der Waals surface area (Å²) in [6, 6.07) is 43.2. The summed E-state index contributed by atoms with van der Waals surface area (Å²) in [5.41, 5.74) is 4.71. The summed E-state index contributed by atoms with van der Waals surface area (Å²) in [6.07, 6.45) is -2.40. The second-order valence-corrected chi connectivity index (χ2v) is 13.1. The van der Waals surface area contributed by atoms with Crippen LogP contribution in [0.25, 0.3) is 11.0 Å². The van der Waals surface area contributed by atoms with Gasteiger partial charge < -0.3 is 37.6 Å². The molecule has 9 heteroatoms. The van der Waals surface area contributed by atoms with Crippen molar-refractivity contribution in [2.24, 2.45) is 0 Å². The minimum absolute atomic E-state index is 0.158. The van der Waals surface area contributed by atoms with Crippen LogP contribution in [0.3, 0.4) is 0 Å². The van der Waals surface area contributed by atoms with Crippen molar-refractivity contribution in [1.29, 1.82) is 0 Å². The van der Waals surface area contributed by atoms with Gasteiger partial charge in [0.2, 0.25) is 6.29 Å². The fraction of sp³-hybridized carbons (Fsp3) is 0.267.